The van der Waals surface area contributed by atoms with E-state index in [4.69, 9.17) is 11.6 Å². The number of aromatic nitrogens is 3. The Morgan fingerprint density at radius 3 is 2.50 bits per heavy atom. The monoisotopic (exact) mass is 418 g/mol. The molecule has 3 aromatic rings. The molecular weight excluding hydrogens is 400 g/mol. The Hall–Kier alpha value is -2.75. The second kappa shape index (κ2) is 8.96. The summed E-state index contributed by atoms with van der Waals surface area (Å²) in [5.74, 6) is 1.12. The lowest BCUT2D eigenvalue weighted by atomic mass is 10.2. The van der Waals surface area contributed by atoms with Crippen LogP contribution in [0.2, 0.25) is 5.02 Å². The Kier molecular flexibility index (Phi) is 6.40. The third-order valence-electron chi connectivity index (χ3n) is 3.78. The maximum Gasteiger partial charge on any atom is 0.240 e. The zero-order valence-corrected chi connectivity index (χ0v) is 16.6. The number of anilines is 3. The summed E-state index contributed by atoms with van der Waals surface area (Å²) in [7, 11) is -3.62. The van der Waals surface area contributed by atoms with Crippen molar-refractivity contribution in [3.05, 3.63) is 65.4 Å². The summed E-state index contributed by atoms with van der Waals surface area (Å²) in [6, 6.07) is 11.8. The van der Waals surface area contributed by atoms with Crippen LogP contribution >= 0.6 is 11.6 Å². The molecule has 0 bridgehead atoms. The second-order valence-corrected chi connectivity index (χ2v) is 8.08. The van der Waals surface area contributed by atoms with Gasteiger partial charge in [0.25, 0.3) is 0 Å². The summed E-state index contributed by atoms with van der Waals surface area (Å²) < 4.78 is 27.1. The topological polar surface area (TPSA) is 109 Å². The highest BCUT2D eigenvalue weighted by molar-refractivity contribution is 7.89. The summed E-state index contributed by atoms with van der Waals surface area (Å²) in [5, 5.41) is 14.6. The molecule has 0 saturated heterocycles. The summed E-state index contributed by atoms with van der Waals surface area (Å²) in [4.78, 5) is 4.15. The minimum absolute atomic E-state index is 0.133. The predicted octanol–water partition coefficient (Wildman–Crippen LogP) is 2.97. The van der Waals surface area contributed by atoms with Crippen molar-refractivity contribution >= 4 is 38.9 Å². The lowest BCUT2D eigenvalue weighted by molar-refractivity contribution is 0.583. The van der Waals surface area contributed by atoms with Gasteiger partial charge < -0.3 is 10.6 Å². The van der Waals surface area contributed by atoms with Crippen LogP contribution in [0.15, 0.2) is 59.8 Å². The normalized spacial score (nSPS) is 11.2. The van der Waals surface area contributed by atoms with Gasteiger partial charge in [0.2, 0.25) is 10.0 Å². The van der Waals surface area contributed by atoms with Crippen LogP contribution in [0, 0.1) is 6.92 Å². The lowest BCUT2D eigenvalue weighted by Gasteiger charge is -2.09. The van der Waals surface area contributed by atoms with E-state index in [0.717, 1.165) is 11.3 Å². The number of benzene rings is 1. The Bertz CT molecular complexity index is 1030. The van der Waals surface area contributed by atoms with Gasteiger partial charge in [-0.15, -0.1) is 10.2 Å². The van der Waals surface area contributed by atoms with E-state index in [1.807, 2.05) is 19.1 Å². The van der Waals surface area contributed by atoms with E-state index in [1.54, 1.807) is 30.6 Å². The third kappa shape index (κ3) is 5.38. The van der Waals surface area contributed by atoms with Crippen LogP contribution in [0.1, 0.15) is 5.56 Å². The van der Waals surface area contributed by atoms with Crippen LogP contribution in [-0.4, -0.2) is 36.7 Å². The quantitative estimate of drug-likeness (QED) is 0.482. The van der Waals surface area contributed by atoms with Gasteiger partial charge in [0.1, 0.15) is 5.82 Å². The summed E-state index contributed by atoms with van der Waals surface area (Å²) in [5.41, 5.74) is 1.63. The fourth-order valence-electron chi connectivity index (χ4n) is 2.28. The molecule has 0 atom stereocenters. The number of nitrogens with zero attached hydrogens (tertiary/aromatic N) is 3. The first-order valence-electron chi connectivity index (χ1n) is 8.44. The number of halogens is 1. The highest BCUT2D eigenvalue weighted by Crippen LogP contribution is 2.19. The van der Waals surface area contributed by atoms with Gasteiger partial charge >= 0.3 is 0 Å². The molecule has 28 heavy (non-hydrogen) atoms. The van der Waals surface area contributed by atoms with Crippen molar-refractivity contribution in [3.8, 4) is 0 Å². The largest absolute Gasteiger partial charge is 0.367 e. The van der Waals surface area contributed by atoms with Gasteiger partial charge in [-0.1, -0.05) is 17.7 Å². The summed E-state index contributed by atoms with van der Waals surface area (Å²) in [6.07, 6.45) is 3.37. The van der Waals surface area contributed by atoms with Crippen molar-refractivity contribution in [1.29, 1.82) is 0 Å². The molecule has 0 aliphatic heterocycles. The van der Waals surface area contributed by atoms with Crippen molar-refractivity contribution in [3.63, 3.8) is 0 Å². The van der Waals surface area contributed by atoms with Crippen LogP contribution in [0.5, 0.6) is 0 Å². The zero-order chi connectivity index (χ0) is 20.0. The highest BCUT2D eigenvalue weighted by atomic mass is 35.5. The molecule has 0 aliphatic carbocycles. The first-order chi connectivity index (χ1) is 13.4. The Balaban J connectivity index is 1.49. The van der Waals surface area contributed by atoms with Crippen LogP contribution in [0.25, 0.3) is 0 Å². The van der Waals surface area contributed by atoms with E-state index in [1.165, 1.54) is 12.1 Å². The van der Waals surface area contributed by atoms with Gasteiger partial charge in [0.05, 0.1) is 16.8 Å². The minimum Gasteiger partial charge on any atom is -0.367 e. The molecule has 1 aromatic carbocycles. The van der Waals surface area contributed by atoms with Crippen molar-refractivity contribution in [2.75, 3.05) is 23.7 Å². The van der Waals surface area contributed by atoms with E-state index in [2.05, 4.69) is 30.5 Å². The Labute approximate surface area is 168 Å². The number of nitrogens with one attached hydrogen (secondary N) is 3. The van der Waals surface area contributed by atoms with E-state index in [-0.39, 0.29) is 11.4 Å². The smallest absolute Gasteiger partial charge is 0.240 e. The summed E-state index contributed by atoms with van der Waals surface area (Å²) in [6.45, 7) is 2.35. The molecule has 8 nitrogen and oxygen atoms in total. The molecule has 3 N–H and O–H groups in total. The van der Waals surface area contributed by atoms with Gasteiger partial charge in [-0.2, -0.15) is 0 Å². The van der Waals surface area contributed by atoms with Gasteiger partial charge in [-0.05, 0) is 48.9 Å². The lowest BCUT2D eigenvalue weighted by Crippen LogP contribution is -2.29. The first-order valence-corrected chi connectivity index (χ1v) is 10.3. The maximum atomic E-state index is 12.3. The van der Waals surface area contributed by atoms with Crippen LogP contribution in [-0.2, 0) is 10.0 Å². The molecule has 0 saturated carbocycles. The van der Waals surface area contributed by atoms with Gasteiger partial charge in [0.15, 0.2) is 5.82 Å². The molecule has 0 radical (unpaired) electrons. The van der Waals surface area contributed by atoms with Crippen LogP contribution in [0.3, 0.4) is 0 Å². The second-order valence-electron chi connectivity index (χ2n) is 5.91. The molecule has 2 heterocycles. The van der Waals surface area contributed by atoms with Gasteiger partial charge in [-0.3, -0.25) is 4.98 Å². The Morgan fingerprint density at radius 1 is 1.04 bits per heavy atom. The minimum atomic E-state index is -3.62. The van der Waals surface area contributed by atoms with Crippen LogP contribution in [0.4, 0.5) is 17.3 Å². The predicted molar refractivity (Wildman–Crippen MR) is 109 cm³/mol. The number of rotatable bonds is 8. The third-order valence-corrected chi connectivity index (χ3v) is 5.64. The molecule has 146 valence electrons. The maximum absolute atomic E-state index is 12.3. The van der Waals surface area contributed by atoms with Crippen LogP contribution < -0.4 is 15.4 Å². The van der Waals surface area contributed by atoms with Crippen molar-refractivity contribution in [2.24, 2.45) is 0 Å². The fraction of sp³-hybridized carbons (Fsp3) is 0.167. The number of aryl methyl sites for hydroxylation is 1. The van der Waals surface area contributed by atoms with E-state index < -0.39 is 10.0 Å². The molecule has 3 rings (SSSR count). The average Bonchev–Trinajstić information content (AvgIpc) is 2.69. The van der Waals surface area contributed by atoms with E-state index in [0.29, 0.717) is 23.2 Å². The molecule has 0 aliphatic rings. The molecule has 0 unspecified atom stereocenters. The number of sulfonamides is 1. The molecule has 0 fully saturated rings. The van der Waals surface area contributed by atoms with Gasteiger partial charge in [0, 0.05) is 24.3 Å². The standard InChI is InChI=1S/C18H19ClN6O2S/c1-13-4-5-15(11-16(13)19)28(26,27)22-10-9-21-17-6-7-18(25-24-17)23-14-3-2-8-20-12-14/h2-8,11-12,22H,9-10H2,1H3,(H,21,24)(H,23,25). The SMILES string of the molecule is Cc1ccc(S(=O)(=O)NCCNc2ccc(Nc3cccnc3)nn2)cc1Cl. The number of hydrogen-bond donors (Lipinski definition) is 3. The summed E-state index contributed by atoms with van der Waals surface area (Å²) >= 11 is 6.00. The van der Waals surface area contributed by atoms with Gasteiger partial charge in [-0.25, -0.2) is 13.1 Å². The first kappa shape index (κ1) is 20.0. The highest BCUT2D eigenvalue weighted by Gasteiger charge is 2.14. The zero-order valence-electron chi connectivity index (χ0n) is 15.1. The average molecular weight is 419 g/mol. The molecule has 0 amide bonds. The fourth-order valence-corrected chi connectivity index (χ4v) is 3.58. The van der Waals surface area contributed by atoms with E-state index in [9.17, 15) is 8.42 Å². The van der Waals surface area contributed by atoms with Crippen molar-refractivity contribution < 1.29 is 8.42 Å². The Morgan fingerprint density at radius 2 is 1.82 bits per heavy atom. The molecule has 0 spiro atoms. The molecular formula is C18H19ClN6O2S. The van der Waals surface area contributed by atoms with E-state index >= 15 is 0 Å². The number of pyridine rings is 1. The van der Waals surface area contributed by atoms with Crippen molar-refractivity contribution in [2.45, 2.75) is 11.8 Å². The number of hydrogen-bond acceptors (Lipinski definition) is 7. The van der Waals surface area contributed by atoms with Crippen molar-refractivity contribution in [1.82, 2.24) is 19.9 Å². The molecule has 2 aromatic heterocycles. The molecule has 10 heteroatoms.